The van der Waals surface area contributed by atoms with E-state index in [-0.39, 0.29) is 0 Å². The van der Waals surface area contributed by atoms with Crippen LogP contribution in [0.3, 0.4) is 0 Å². The minimum absolute atomic E-state index is 0.370. The quantitative estimate of drug-likeness (QED) is 0.582. The lowest BCUT2D eigenvalue weighted by molar-refractivity contribution is 0.418. The number of rotatable bonds is 2. The van der Waals surface area contributed by atoms with Crippen molar-refractivity contribution in [3.63, 3.8) is 0 Å². The third-order valence-electron chi connectivity index (χ3n) is 2.97. The maximum Gasteiger partial charge on any atom is 0.239 e. The summed E-state index contributed by atoms with van der Waals surface area (Å²) in [6.45, 7) is 8.60. The Morgan fingerprint density at radius 2 is 2.19 bits per heavy atom. The molecule has 0 aliphatic carbocycles. The summed E-state index contributed by atoms with van der Waals surface area (Å²) in [7, 11) is 0. The highest BCUT2D eigenvalue weighted by Gasteiger charge is 2.30. The van der Waals surface area contributed by atoms with E-state index >= 15 is 0 Å². The van der Waals surface area contributed by atoms with Crippen molar-refractivity contribution in [3.8, 4) is 0 Å². The van der Waals surface area contributed by atoms with Crippen LogP contribution in [0.4, 0.5) is 11.8 Å². The first-order valence-electron chi connectivity index (χ1n) is 5.57. The van der Waals surface area contributed by atoms with Gasteiger partial charge in [0.05, 0.1) is 0 Å². The Kier molecular flexibility index (Phi) is 2.71. The lowest BCUT2D eigenvalue weighted by atomic mass is 9.93. The molecule has 2 rings (SSSR count). The molecule has 0 bridgehead atoms. The van der Waals surface area contributed by atoms with Crippen LogP contribution < -0.4 is 16.2 Å². The summed E-state index contributed by atoms with van der Waals surface area (Å²) in [4.78, 5) is 10.9. The van der Waals surface area contributed by atoms with E-state index in [0.29, 0.717) is 11.4 Å². The fourth-order valence-corrected chi connectivity index (χ4v) is 2.09. The van der Waals surface area contributed by atoms with Crippen molar-refractivity contribution in [2.24, 2.45) is 11.3 Å². The molecule has 1 aliphatic heterocycles. The van der Waals surface area contributed by atoms with Gasteiger partial charge in [0, 0.05) is 24.8 Å². The number of anilines is 2. The highest BCUT2D eigenvalue weighted by atomic mass is 15.3. The molecule has 1 aromatic rings. The molecular weight excluding hydrogens is 202 g/mol. The summed E-state index contributed by atoms with van der Waals surface area (Å²) in [5.41, 5.74) is 3.81. The number of hydrogen-bond donors (Lipinski definition) is 2. The van der Waals surface area contributed by atoms with Crippen LogP contribution in [0.25, 0.3) is 0 Å². The Morgan fingerprint density at radius 3 is 2.75 bits per heavy atom. The molecule has 0 unspecified atom stereocenters. The Balaban J connectivity index is 2.24. The Labute approximate surface area is 96.0 Å². The van der Waals surface area contributed by atoms with Gasteiger partial charge in [-0.05, 0) is 18.8 Å². The number of aromatic nitrogens is 2. The van der Waals surface area contributed by atoms with Crippen LogP contribution >= 0.6 is 0 Å². The SMILES string of the molecule is Cc1cc(N2CCC(C)(C)C2)nc(NN)n1. The highest BCUT2D eigenvalue weighted by molar-refractivity contribution is 5.45. The third-order valence-corrected chi connectivity index (χ3v) is 2.97. The molecule has 0 atom stereocenters. The number of aryl methyl sites for hydroxylation is 1. The number of nitrogen functional groups attached to an aromatic ring is 1. The molecule has 5 heteroatoms. The lowest BCUT2D eigenvalue weighted by Crippen LogP contribution is -2.24. The van der Waals surface area contributed by atoms with Gasteiger partial charge in [0.25, 0.3) is 0 Å². The van der Waals surface area contributed by atoms with Gasteiger partial charge in [-0.25, -0.2) is 10.8 Å². The average Bonchev–Trinajstić information content (AvgIpc) is 2.58. The molecule has 0 radical (unpaired) electrons. The topological polar surface area (TPSA) is 67.1 Å². The van der Waals surface area contributed by atoms with Gasteiger partial charge in [0.1, 0.15) is 5.82 Å². The van der Waals surface area contributed by atoms with Gasteiger partial charge in [0.15, 0.2) is 0 Å². The Bertz CT molecular complexity index is 388. The van der Waals surface area contributed by atoms with E-state index < -0.39 is 0 Å². The fraction of sp³-hybridized carbons (Fsp3) is 0.636. The first-order chi connectivity index (χ1) is 7.50. The average molecular weight is 221 g/mol. The van der Waals surface area contributed by atoms with E-state index in [1.807, 2.05) is 13.0 Å². The minimum Gasteiger partial charge on any atom is -0.356 e. The summed E-state index contributed by atoms with van der Waals surface area (Å²) in [6.07, 6.45) is 1.20. The molecule has 16 heavy (non-hydrogen) atoms. The Hall–Kier alpha value is -1.36. The molecule has 1 aliphatic rings. The second-order valence-corrected chi connectivity index (χ2v) is 5.17. The maximum absolute atomic E-state index is 5.35. The normalized spacial score (nSPS) is 18.9. The highest BCUT2D eigenvalue weighted by Crippen LogP contribution is 2.31. The minimum atomic E-state index is 0.370. The van der Waals surface area contributed by atoms with E-state index in [0.717, 1.165) is 24.6 Å². The van der Waals surface area contributed by atoms with Crippen LogP contribution in [0.1, 0.15) is 26.0 Å². The number of hydrazine groups is 1. The first kappa shape index (κ1) is 11.1. The molecule has 88 valence electrons. The molecule has 0 amide bonds. The van der Waals surface area contributed by atoms with Gasteiger partial charge in [-0.15, -0.1) is 0 Å². The fourth-order valence-electron chi connectivity index (χ4n) is 2.09. The van der Waals surface area contributed by atoms with Crippen molar-refractivity contribution in [1.29, 1.82) is 0 Å². The van der Waals surface area contributed by atoms with E-state index in [4.69, 9.17) is 5.84 Å². The second-order valence-electron chi connectivity index (χ2n) is 5.17. The van der Waals surface area contributed by atoms with Crippen LogP contribution in [-0.4, -0.2) is 23.1 Å². The number of nitrogens with one attached hydrogen (secondary N) is 1. The van der Waals surface area contributed by atoms with E-state index in [2.05, 4.69) is 34.1 Å². The smallest absolute Gasteiger partial charge is 0.239 e. The van der Waals surface area contributed by atoms with Gasteiger partial charge in [-0.1, -0.05) is 13.8 Å². The summed E-state index contributed by atoms with van der Waals surface area (Å²) >= 11 is 0. The molecule has 1 saturated heterocycles. The van der Waals surface area contributed by atoms with Gasteiger partial charge >= 0.3 is 0 Å². The molecule has 0 aromatic carbocycles. The van der Waals surface area contributed by atoms with Gasteiger partial charge in [-0.2, -0.15) is 4.98 Å². The molecular formula is C11H19N5. The third kappa shape index (κ3) is 2.24. The molecule has 1 fully saturated rings. The lowest BCUT2D eigenvalue weighted by Gasteiger charge is -2.21. The van der Waals surface area contributed by atoms with Crippen molar-refractivity contribution < 1.29 is 0 Å². The molecule has 0 spiro atoms. The van der Waals surface area contributed by atoms with Crippen LogP contribution in [0.15, 0.2) is 6.07 Å². The molecule has 0 saturated carbocycles. The maximum atomic E-state index is 5.35. The van der Waals surface area contributed by atoms with Crippen molar-refractivity contribution in [2.45, 2.75) is 27.2 Å². The van der Waals surface area contributed by atoms with Crippen LogP contribution in [0.2, 0.25) is 0 Å². The second kappa shape index (κ2) is 3.90. The summed E-state index contributed by atoms with van der Waals surface area (Å²) in [5.74, 6) is 6.80. The van der Waals surface area contributed by atoms with Crippen molar-refractivity contribution >= 4 is 11.8 Å². The van der Waals surface area contributed by atoms with Gasteiger partial charge in [-0.3, -0.25) is 5.43 Å². The zero-order valence-corrected chi connectivity index (χ0v) is 10.1. The van der Waals surface area contributed by atoms with Crippen LogP contribution in [0, 0.1) is 12.3 Å². The van der Waals surface area contributed by atoms with Gasteiger partial charge < -0.3 is 4.90 Å². The van der Waals surface area contributed by atoms with E-state index in [1.165, 1.54) is 6.42 Å². The van der Waals surface area contributed by atoms with Crippen molar-refractivity contribution in [3.05, 3.63) is 11.8 Å². The Morgan fingerprint density at radius 1 is 1.44 bits per heavy atom. The summed E-state index contributed by atoms with van der Waals surface area (Å²) in [6, 6.07) is 2.00. The monoisotopic (exact) mass is 221 g/mol. The predicted octanol–water partition coefficient (Wildman–Crippen LogP) is 1.31. The summed E-state index contributed by atoms with van der Waals surface area (Å²) in [5, 5.41) is 0. The molecule has 2 heterocycles. The number of nitrogens with two attached hydrogens (primary N) is 1. The van der Waals surface area contributed by atoms with Gasteiger partial charge in [0.2, 0.25) is 5.95 Å². The molecule has 1 aromatic heterocycles. The summed E-state index contributed by atoms with van der Waals surface area (Å²) < 4.78 is 0. The zero-order valence-electron chi connectivity index (χ0n) is 10.1. The van der Waals surface area contributed by atoms with Crippen LogP contribution in [-0.2, 0) is 0 Å². The first-order valence-corrected chi connectivity index (χ1v) is 5.57. The van der Waals surface area contributed by atoms with Crippen LogP contribution in [0.5, 0.6) is 0 Å². The largest absolute Gasteiger partial charge is 0.356 e. The predicted molar refractivity (Wildman–Crippen MR) is 65.2 cm³/mol. The zero-order chi connectivity index (χ0) is 11.8. The van der Waals surface area contributed by atoms with E-state index in [1.54, 1.807) is 0 Å². The van der Waals surface area contributed by atoms with E-state index in [9.17, 15) is 0 Å². The number of nitrogens with zero attached hydrogens (tertiary/aromatic N) is 3. The molecule has 5 nitrogen and oxygen atoms in total. The number of hydrogen-bond acceptors (Lipinski definition) is 5. The van der Waals surface area contributed by atoms with Crippen molar-refractivity contribution in [1.82, 2.24) is 9.97 Å². The van der Waals surface area contributed by atoms with Crippen molar-refractivity contribution in [2.75, 3.05) is 23.4 Å². The molecule has 3 N–H and O–H groups in total. The standard InChI is InChI=1S/C11H19N5/c1-8-6-9(14-10(13-8)15-12)16-5-4-11(2,3)7-16/h6H,4-5,7,12H2,1-3H3,(H,13,14,15).